The lowest BCUT2D eigenvalue weighted by Crippen LogP contribution is -2.27. The van der Waals surface area contributed by atoms with Gasteiger partial charge in [-0.25, -0.2) is 17.5 Å². The summed E-state index contributed by atoms with van der Waals surface area (Å²) < 4.78 is 43.0. The van der Waals surface area contributed by atoms with E-state index in [1.165, 1.54) is 4.68 Å². The van der Waals surface area contributed by atoms with Crippen LogP contribution in [-0.2, 0) is 23.1 Å². The fourth-order valence-corrected chi connectivity index (χ4v) is 4.10. The summed E-state index contributed by atoms with van der Waals surface area (Å²) in [5.74, 6) is -0.777. The van der Waals surface area contributed by atoms with Crippen LogP contribution in [0.25, 0.3) is 11.1 Å². The topological polar surface area (TPSA) is 73.1 Å². The summed E-state index contributed by atoms with van der Waals surface area (Å²) in [6, 6.07) is 2.08. The Bertz CT molecular complexity index is 1000. The molecule has 11 heteroatoms. The van der Waals surface area contributed by atoms with E-state index in [1.807, 2.05) is 0 Å². The summed E-state index contributed by atoms with van der Waals surface area (Å²) in [5, 5.41) is -0.743. The van der Waals surface area contributed by atoms with E-state index in [0.717, 1.165) is 25.0 Å². The molecule has 0 radical (unpaired) electrons. The lowest BCUT2D eigenvalue weighted by molar-refractivity contribution is 0.356. The SMILES string of the molecule is O=c1c(-c2cc(NS(=O)(=O)CCl)c(Cl)cc2F)c(Cl)n2n1CCCC2. The first kappa shape index (κ1) is 18.6. The second kappa shape index (κ2) is 6.83. The molecule has 136 valence electrons. The molecule has 0 fully saturated rings. The molecule has 25 heavy (non-hydrogen) atoms. The lowest BCUT2D eigenvalue weighted by Gasteiger charge is -2.17. The smallest absolute Gasteiger partial charge is 0.276 e. The van der Waals surface area contributed by atoms with Gasteiger partial charge in [0.15, 0.2) is 0 Å². The maximum Gasteiger partial charge on any atom is 0.276 e. The molecule has 3 rings (SSSR count). The zero-order valence-corrected chi connectivity index (χ0v) is 15.8. The molecule has 0 saturated carbocycles. The maximum absolute atomic E-state index is 14.5. The highest BCUT2D eigenvalue weighted by molar-refractivity contribution is 7.93. The monoisotopic (exact) mass is 427 g/mol. The van der Waals surface area contributed by atoms with Gasteiger partial charge in [0.25, 0.3) is 5.56 Å². The van der Waals surface area contributed by atoms with E-state index in [2.05, 4.69) is 4.72 Å². The van der Waals surface area contributed by atoms with Crippen molar-refractivity contribution in [3.05, 3.63) is 38.5 Å². The quantitative estimate of drug-likeness (QED) is 0.758. The highest BCUT2D eigenvalue weighted by Gasteiger charge is 2.25. The molecule has 1 aromatic heterocycles. The fourth-order valence-electron chi connectivity index (χ4n) is 2.77. The van der Waals surface area contributed by atoms with Crippen LogP contribution < -0.4 is 10.3 Å². The molecule has 1 aliphatic rings. The van der Waals surface area contributed by atoms with Crippen LogP contribution in [0, 0.1) is 5.82 Å². The fraction of sp³-hybridized carbons (Fsp3) is 0.357. The van der Waals surface area contributed by atoms with E-state index in [-0.39, 0.29) is 27.0 Å². The first-order valence-corrected chi connectivity index (χ1v) is 10.2. The summed E-state index contributed by atoms with van der Waals surface area (Å²) in [7, 11) is -3.84. The molecule has 1 aromatic carbocycles. The van der Waals surface area contributed by atoms with Crippen molar-refractivity contribution in [2.24, 2.45) is 0 Å². The number of nitrogens with one attached hydrogen (secondary N) is 1. The maximum atomic E-state index is 14.5. The molecule has 0 amide bonds. The van der Waals surface area contributed by atoms with Gasteiger partial charge in [0.05, 0.1) is 16.3 Å². The number of benzene rings is 1. The van der Waals surface area contributed by atoms with Crippen LogP contribution in [0.1, 0.15) is 12.8 Å². The third kappa shape index (κ3) is 3.40. The summed E-state index contributed by atoms with van der Waals surface area (Å²) in [6.45, 7) is 1.04. The molecule has 0 unspecified atom stereocenters. The molecule has 0 saturated heterocycles. The third-order valence-electron chi connectivity index (χ3n) is 3.90. The largest absolute Gasteiger partial charge is 0.281 e. The summed E-state index contributed by atoms with van der Waals surface area (Å²) in [4.78, 5) is 12.6. The Kier molecular flexibility index (Phi) is 5.07. The number of rotatable bonds is 4. The standard InChI is InChI=1S/C14H13Cl3FN3O3S/c15-7-25(23,24)19-11-5-8(10(18)6-9(11)16)12-13(17)20-3-1-2-4-21(20)14(12)22/h5-6,19H,1-4,7H2. The Balaban J connectivity index is 2.19. The Morgan fingerprint density at radius 2 is 1.80 bits per heavy atom. The molecule has 1 N–H and O–H groups in total. The molecule has 2 aromatic rings. The molecule has 0 atom stereocenters. The van der Waals surface area contributed by atoms with E-state index < -0.39 is 26.6 Å². The van der Waals surface area contributed by atoms with E-state index in [9.17, 15) is 17.6 Å². The van der Waals surface area contributed by atoms with Crippen LogP contribution in [0.3, 0.4) is 0 Å². The number of hydrogen-bond acceptors (Lipinski definition) is 3. The van der Waals surface area contributed by atoms with Crippen molar-refractivity contribution in [3.8, 4) is 11.1 Å². The van der Waals surface area contributed by atoms with Crippen molar-refractivity contribution in [3.63, 3.8) is 0 Å². The first-order valence-electron chi connectivity index (χ1n) is 7.30. The van der Waals surface area contributed by atoms with Crippen molar-refractivity contribution in [1.82, 2.24) is 9.36 Å². The molecule has 6 nitrogen and oxygen atoms in total. The number of sulfonamides is 1. The molecule has 0 aliphatic carbocycles. The van der Waals surface area contributed by atoms with Crippen molar-refractivity contribution >= 4 is 50.5 Å². The average Bonchev–Trinajstić information content (AvgIpc) is 2.82. The number of nitrogens with zero attached hydrogens (tertiary/aromatic N) is 2. The van der Waals surface area contributed by atoms with E-state index >= 15 is 0 Å². The molecule has 1 aliphatic heterocycles. The zero-order chi connectivity index (χ0) is 18.4. The Morgan fingerprint density at radius 1 is 1.16 bits per heavy atom. The molecule has 2 heterocycles. The van der Waals surface area contributed by atoms with Gasteiger partial charge in [-0.2, -0.15) is 0 Å². The van der Waals surface area contributed by atoms with Gasteiger partial charge in [-0.15, -0.1) is 11.6 Å². The average molecular weight is 429 g/mol. The molecular formula is C14H13Cl3FN3O3S. The minimum absolute atomic E-state index is 0.0240. The minimum atomic E-state index is -3.84. The zero-order valence-electron chi connectivity index (χ0n) is 12.7. The van der Waals surface area contributed by atoms with E-state index in [0.29, 0.717) is 13.1 Å². The lowest BCUT2D eigenvalue weighted by atomic mass is 10.1. The van der Waals surface area contributed by atoms with Crippen LogP contribution in [0.2, 0.25) is 10.2 Å². The number of fused-ring (bicyclic) bond motifs is 1. The Labute approximate surface area is 158 Å². The van der Waals surface area contributed by atoms with Crippen molar-refractivity contribution in [1.29, 1.82) is 0 Å². The van der Waals surface area contributed by atoms with Crippen molar-refractivity contribution in [2.45, 2.75) is 25.9 Å². The molecule has 0 spiro atoms. The number of anilines is 1. The number of alkyl halides is 1. The van der Waals surface area contributed by atoms with Crippen LogP contribution >= 0.6 is 34.8 Å². The minimum Gasteiger partial charge on any atom is -0.281 e. The summed E-state index contributed by atoms with van der Waals surface area (Å²) in [6.07, 6.45) is 1.68. The van der Waals surface area contributed by atoms with Gasteiger partial charge >= 0.3 is 0 Å². The van der Waals surface area contributed by atoms with Gasteiger partial charge in [0.2, 0.25) is 10.0 Å². The highest BCUT2D eigenvalue weighted by Crippen LogP contribution is 2.35. The van der Waals surface area contributed by atoms with Gasteiger partial charge in [-0.3, -0.25) is 14.2 Å². The van der Waals surface area contributed by atoms with Crippen molar-refractivity contribution < 1.29 is 12.8 Å². The van der Waals surface area contributed by atoms with Crippen molar-refractivity contribution in [2.75, 3.05) is 9.93 Å². The first-order chi connectivity index (χ1) is 11.7. The predicted octanol–water partition coefficient (Wildman–Crippen LogP) is 3.49. The second-order valence-electron chi connectivity index (χ2n) is 5.56. The van der Waals surface area contributed by atoms with E-state index in [1.54, 1.807) is 4.68 Å². The van der Waals surface area contributed by atoms with Crippen LogP contribution in [0.15, 0.2) is 16.9 Å². The van der Waals surface area contributed by atoms with E-state index in [4.69, 9.17) is 34.8 Å². The van der Waals surface area contributed by atoms with Gasteiger partial charge in [0, 0.05) is 18.7 Å². The van der Waals surface area contributed by atoms with Gasteiger partial charge < -0.3 is 0 Å². The highest BCUT2D eigenvalue weighted by atomic mass is 35.5. The number of hydrogen-bond donors (Lipinski definition) is 1. The van der Waals surface area contributed by atoms with Gasteiger partial charge in [-0.05, 0) is 25.0 Å². The van der Waals surface area contributed by atoms with Crippen LogP contribution in [0.5, 0.6) is 0 Å². The second-order valence-corrected chi connectivity index (χ2v) is 8.63. The van der Waals surface area contributed by atoms with Gasteiger partial charge in [0.1, 0.15) is 16.2 Å². The molecular weight excluding hydrogens is 416 g/mol. The Morgan fingerprint density at radius 3 is 2.40 bits per heavy atom. The Hall–Kier alpha value is -1.22. The van der Waals surface area contributed by atoms with Gasteiger partial charge in [-0.1, -0.05) is 23.2 Å². The number of halogens is 4. The molecule has 0 bridgehead atoms. The predicted molar refractivity (Wildman–Crippen MR) is 96.6 cm³/mol. The summed E-state index contributed by atoms with van der Waals surface area (Å²) in [5.41, 5.74) is -0.662. The van der Waals surface area contributed by atoms with Crippen LogP contribution in [0.4, 0.5) is 10.1 Å². The third-order valence-corrected chi connectivity index (χ3v) is 6.27. The number of aromatic nitrogens is 2. The normalized spacial score (nSPS) is 14.4. The van der Waals surface area contributed by atoms with Crippen LogP contribution in [-0.4, -0.2) is 23.0 Å². The summed E-state index contributed by atoms with van der Waals surface area (Å²) >= 11 is 17.5.